The zero-order valence-corrected chi connectivity index (χ0v) is 22.9. The van der Waals surface area contributed by atoms with Crippen molar-refractivity contribution in [3.63, 3.8) is 0 Å². The molecule has 3 amide bonds. The Kier molecular flexibility index (Phi) is 8.91. The third-order valence-electron chi connectivity index (χ3n) is 6.08. The summed E-state index contributed by atoms with van der Waals surface area (Å²) in [5.74, 6) is -0.847. The number of benzene rings is 2. The second kappa shape index (κ2) is 11.8. The number of para-hydroxylation sites is 1. The Morgan fingerprint density at radius 1 is 1.03 bits per heavy atom. The van der Waals surface area contributed by atoms with Crippen LogP contribution in [0.4, 0.5) is 4.79 Å². The third kappa shape index (κ3) is 7.63. The molecule has 38 heavy (non-hydrogen) atoms. The van der Waals surface area contributed by atoms with Crippen LogP contribution in [0.2, 0.25) is 0 Å². The number of nitrogens with one attached hydrogen (secondary N) is 2. The summed E-state index contributed by atoms with van der Waals surface area (Å²) in [5.41, 5.74) is 0.832. The Labute approximate surface area is 224 Å². The van der Waals surface area contributed by atoms with Crippen LogP contribution in [0.5, 0.6) is 11.5 Å². The van der Waals surface area contributed by atoms with Gasteiger partial charge >= 0.3 is 6.09 Å². The number of phenols is 2. The van der Waals surface area contributed by atoms with Gasteiger partial charge in [-0.2, -0.15) is 0 Å². The molecule has 4 N–H and O–H groups in total. The number of hydrogen-bond donors (Lipinski definition) is 4. The number of rotatable bonds is 9. The maximum Gasteiger partial charge on any atom is 0.408 e. The second-order valence-electron chi connectivity index (χ2n) is 11.1. The van der Waals surface area contributed by atoms with E-state index in [1.807, 2.05) is 13.8 Å². The van der Waals surface area contributed by atoms with Crippen molar-refractivity contribution >= 4 is 17.9 Å². The van der Waals surface area contributed by atoms with Crippen molar-refractivity contribution in [3.8, 4) is 11.5 Å². The van der Waals surface area contributed by atoms with Gasteiger partial charge in [0.25, 0.3) is 0 Å². The van der Waals surface area contributed by atoms with Crippen LogP contribution in [0.15, 0.2) is 42.5 Å². The molecule has 2 aromatic rings. The standard InChI is InChI=1S/C29H39N3O6/c1-17(2)30-26(35)24(22-9-7-8-18(3)25(22)34)32(20-12-13-20)27(36)23(31-28(37)38-29(4,5)6)16-19-10-14-21(33)15-11-19/h7-11,14-15,17,20,23-24,33-34H,12-13,16H2,1-6H3,(H,30,35)(H,31,37). The molecule has 2 unspecified atom stereocenters. The number of phenolic OH excluding ortho intramolecular Hbond substituents is 2. The highest BCUT2D eigenvalue weighted by molar-refractivity contribution is 5.93. The van der Waals surface area contributed by atoms with Gasteiger partial charge in [-0.25, -0.2) is 4.79 Å². The van der Waals surface area contributed by atoms with Gasteiger partial charge in [-0.05, 0) is 77.6 Å². The molecule has 0 heterocycles. The molecule has 0 radical (unpaired) electrons. The number of amides is 3. The normalized spacial score (nSPS) is 14.9. The molecular weight excluding hydrogens is 486 g/mol. The molecule has 2 aromatic carbocycles. The highest BCUT2D eigenvalue weighted by Gasteiger charge is 2.45. The minimum absolute atomic E-state index is 0.0509. The van der Waals surface area contributed by atoms with E-state index in [0.29, 0.717) is 29.5 Å². The van der Waals surface area contributed by atoms with Crippen molar-refractivity contribution < 1.29 is 29.3 Å². The number of aromatic hydroxyl groups is 2. The molecule has 1 fully saturated rings. The molecule has 1 aliphatic rings. The van der Waals surface area contributed by atoms with Crippen LogP contribution < -0.4 is 10.6 Å². The fourth-order valence-electron chi connectivity index (χ4n) is 4.25. The highest BCUT2D eigenvalue weighted by atomic mass is 16.6. The third-order valence-corrected chi connectivity index (χ3v) is 6.08. The van der Waals surface area contributed by atoms with Gasteiger partial charge in [0.15, 0.2) is 0 Å². The van der Waals surface area contributed by atoms with E-state index in [4.69, 9.17) is 4.74 Å². The molecule has 1 aliphatic carbocycles. The molecule has 0 aromatic heterocycles. The number of nitrogens with zero attached hydrogens (tertiary/aromatic N) is 1. The molecule has 0 saturated heterocycles. The van der Waals surface area contributed by atoms with Crippen LogP contribution in [0.3, 0.4) is 0 Å². The summed E-state index contributed by atoms with van der Waals surface area (Å²) in [4.78, 5) is 42.1. The Morgan fingerprint density at radius 3 is 2.21 bits per heavy atom. The maximum atomic E-state index is 14.2. The number of carbonyl (C=O) groups excluding carboxylic acids is 3. The van der Waals surface area contributed by atoms with Gasteiger partial charge in [0.05, 0.1) is 0 Å². The first-order valence-corrected chi connectivity index (χ1v) is 12.9. The van der Waals surface area contributed by atoms with Crippen LogP contribution in [0, 0.1) is 6.92 Å². The summed E-state index contributed by atoms with van der Waals surface area (Å²) >= 11 is 0. The summed E-state index contributed by atoms with van der Waals surface area (Å²) in [6, 6.07) is 8.89. The van der Waals surface area contributed by atoms with Crippen molar-refractivity contribution in [3.05, 3.63) is 59.2 Å². The van der Waals surface area contributed by atoms with E-state index in [2.05, 4.69) is 10.6 Å². The Hall–Kier alpha value is -3.75. The minimum Gasteiger partial charge on any atom is -0.508 e. The molecule has 0 aliphatic heterocycles. The molecule has 3 rings (SSSR count). The van der Waals surface area contributed by atoms with Crippen LogP contribution >= 0.6 is 0 Å². The smallest absolute Gasteiger partial charge is 0.408 e. The summed E-state index contributed by atoms with van der Waals surface area (Å²) < 4.78 is 5.43. The van der Waals surface area contributed by atoms with Crippen LogP contribution in [0.25, 0.3) is 0 Å². The van der Waals surface area contributed by atoms with Crippen molar-refractivity contribution in [2.24, 2.45) is 0 Å². The first-order valence-electron chi connectivity index (χ1n) is 12.9. The molecule has 0 spiro atoms. The lowest BCUT2D eigenvalue weighted by molar-refractivity contribution is -0.143. The summed E-state index contributed by atoms with van der Waals surface area (Å²) in [7, 11) is 0. The quantitative estimate of drug-likeness (QED) is 0.390. The van der Waals surface area contributed by atoms with E-state index in [1.165, 1.54) is 17.0 Å². The van der Waals surface area contributed by atoms with Gasteiger partial charge in [0.1, 0.15) is 29.2 Å². The zero-order chi connectivity index (χ0) is 28.2. The largest absolute Gasteiger partial charge is 0.508 e. The van der Waals surface area contributed by atoms with Gasteiger partial charge in [0, 0.05) is 24.1 Å². The summed E-state index contributed by atoms with van der Waals surface area (Å²) in [6.07, 6.45) is 0.747. The first kappa shape index (κ1) is 28.8. The van der Waals surface area contributed by atoms with E-state index in [0.717, 1.165) is 0 Å². The Morgan fingerprint density at radius 2 is 1.66 bits per heavy atom. The van der Waals surface area contributed by atoms with Crippen LogP contribution in [0.1, 0.15) is 70.2 Å². The lowest BCUT2D eigenvalue weighted by Gasteiger charge is -2.35. The Bertz CT molecular complexity index is 1150. The summed E-state index contributed by atoms with van der Waals surface area (Å²) in [6.45, 7) is 10.6. The van der Waals surface area contributed by atoms with E-state index in [-0.39, 0.29) is 30.0 Å². The van der Waals surface area contributed by atoms with Gasteiger partial charge in [0.2, 0.25) is 11.8 Å². The average molecular weight is 526 g/mol. The maximum absolute atomic E-state index is 14.2. The Balaban J connectivity index is 2.04. The number of alkyl carbamates (subject to hydrolysis) is 1. The van der Waals surface area contributed by atoms with Crippen LogP contribution in [-0.4, -0.2) is 56.7 Å². The van der Waals surface area contributed by atoms with Crippen LogP contribution in [-0.2, 0) is 20.7 Å². The molecule has 0 bridgehead atoms. The lowest BCUT2D eigenvalue weighted by atomic mass is 9.97. The van der Waals surface area contributed by atoms with E-state index < -0.39 is 35.6 Å². The summed E-state index contributed by atoms with van der Waals surface area (Å²) in [5, 5.41) is 26.2. The zero-order valence-electron chi connectivity index (χ0n) is 22.9. The van der Waals surface area contributed by atoms with Gasteiger partial charge in [-0.1, -0.05) is 30.3 Å². The number of ether oxygens (including phenoxy) is 1. The lowest BCUT2D eigenvalue weighted by Crippen LogP contribution is -2.55. The second-order valence-corrected chi connectivity index (χ2v) is 11.1. The van der Waals surface area contributed by atoms with Crippen molar-refractivity contribution in [1.82, 2.24) is 15.5 Å². The fourth-order valence-corrected chi connectivity index (χ4v) is 4.25. The molecule has 1 saturated carbocycles. The van der Waals surface area contributed by atoms with Crippen molar-refractivity contribution in [1.29, 1.82) is 0 Å². The topological polar surface area (TPSA) is 128 Å². The molecular formula is C29H39N3O6. The van der Waals surface area contributed by atoms with Gasteiger partial charge < -0.3 is 30.5 Å². The molecule has 9 heteroatoms. The molecule has 9 nitrogen and oxygen atoms in total. The van der Waals surface area contributed by atoms with E-state index >= 15 is 0 Å². The SMILES string of the molecule is Cc1cccc(C(C(=O)NC(C)C)N(C(=O)C(Cc2ccc(O)cc2)NC(=O)OC(C)(C)C)C2CC2)c1O. The predicted molar refractivity (Wildman–Crippen MR) is 144 cm³/mol. The first-order chi connectivity index (χ1) is 17.8. The highest BCUT2D eigenvalue weighted by Crippen LogP contribution is 2.39. The van der Waals surface area contributed by atoms with Gasteiger partial charge in [-0.3, -0.25) is 9.59 Å². The monoisotopic (exact) mass is 525 g/mol. The average Bonchev–Trinajstić information content (AvgIpc) is 3.63. The number of hydrogen-bond acceptors (Lipinski definition) is 6. The minimum atomic E-state index is -1.10. The molecule has 2 atom stereocenters. The predicted octanol–water partition coefficient (Wildman–Crippen LogP) is 4.10. The number of carbonyl (C=O) groups is 3. The van der Waals surface area contributed by atoms with E-state index in [9.17, 15) is 24.6 Å². The number of aryl methyl sites for hydroxylation is 1. The van der Waals surface area contributed by atoms with Gasteiger partial charge in [-0.15, -0.1) is 0 Å². The van der Waals surface area contributed by atoms with E-state index in [1.54, 1.807) is 58.0 Å². The molecule has 206 valence electrons. The fraction of sp³-hybridized carbons (Fsp3) is 0.483. The van der Waals surface area contributed by atoms with Crippen molar-refractivity contribution in [2.45, 2.75) is 90.6 Å². The van der Waals surface area contributed by atoms with Crippen molar-refractivity contribution in [2.75, 3.05) is 0 Å².